The lowest BCUT2D eigenvalue weighted by atomic mass is 9.77. The van der Waals surface area contributed by atoms with Crippen LogP contribution in [0.5, 0.6) is 5.75 Å². The lowest BCUT2D eigenvalue weighted by Gasteiger charge is -2.32. The van der Waals surface area contributed by atoms with Gasteiger partial charge in [0.05, 0.1) is 11.2 Å². The summed E-state index contributed by atoms with van der Waals surface area (Å²) in [6.45, 7) is 7.79. The molecule has 122 valence electrons. The van der Waals surface area contributed by atoms with E-state index in [0.29, 0.717) is 11.2 Å². The zero-order chi connectivity index (χ0) is 16.8. The smallest absolute Gasteiger partial charge is 0.484 e. The molecule has 1 fully saturated rings. The molecule has 0 spiro atoms. The number of aryl methyl sites for hydroxylation is 1. The highest BCUT2D eigenvalue weighted by Gasteiger charge is 2.53. The van der Waals surface area contributed by atoms with Gasteiger partial charge in [-0.1, -0.05) is 0 Å². The van der Waals surface area contributed by atoms with Crippen molar-refractivity contribution < 1.29 is 27.2 Å². The Hall–Kier alpha value is -1.28. The lowest BCUT2D eigenvalue weighted by Crippen LogP contribution is -2.41. The number of rotatable bonds is 3. The van der Waals surface area contributed by atoms with Crippen LogP contribution in [0, 0.1) is 6.92 Å². The molecular weight excluding hydrogens is 298 g/mol. The van der Waals surface area contributed by atoms with Crippen molar-refractivity contribution in [2.24, 2.45) is 0 Å². The summed E-state index contributed by atoms with van der Waals surface area (Å²) >= 11 is 0. The fourth-order valence-electron chi connectivity index (χ4n) is 2.09. The Labute approximate surface area is 128 Å². The first-order valence-electron chi connectivity index (χ1n) is 6.94. The van der Waals surface area contributed by atoms with Gasteiger partial charge >= 0.3 is 13.3 Å². The van der Waals surface area contributed by atoms with Gasteiger partial charge in [-0.05, 0) is 40.7 Å². The van der Waals surface area contributed by atoms with Crippen LogP contribution in [0.25, 0.3) is 0 Å². The maximum atomic E-state index is 12.4. The summed E-state index contributed by atoms with van der Waals surface area (Å²) in [6.07, 6.45) is -3.01. The van der Waals surface area contributed by atoms with Gasteiger partial charge in [0.1, 0.15) is 5.75 Å². The summed E-state index contributed by atoms with van der Waals surface area (Å²) < 4.78 is 53.8. The summed E-state index contributed by atoms with van der Waals surface area (Å²) in [7, 11) is -0.818. The molecule has 0 N–H and O–H groups in total. The van der Waals surface area contributed by atoms with Crippen LogP contribution in [0.15, 0.2) is 12.3 Å². The molecular formula is C14H19BF3NO3. The highest BCUT2D eigenvalue weighted by atomic mass is 19.4. The number of ether oxygens (including phenoxy) is 1. The summed E-state index contributed by atoms with van der Waals surface area (Å²) in [5, 5.41) is 0. The molecule has 1 aliphatic rings. The quantitative estimate of drug-likeness (QED) is 0.804. The summed E-state index contributed by atoms with van der Waals surface area (Å²) in [6, 6.07) is 1.39. The van der Waals surface area contributed by atoms with Crippen LogP contribution >= 0.6 is 0 Å². The van der Waals surface area contributed by atoms with Crippen molar-refractivity contribution in [1.29, 1.82) is 0 Å². The number of pyridine rings is 1. The molecule has 1 aliphatic heterocycles. The molecule has 0 saturated carbocycles. The van der Waals surface area contributed by atoms with Crippen LogP contribution in [0.3, 0.4) is 0 Å². The van der Waals surface area contributed by atoms with Gasteiger partial charge in [-0.2, -0.15) is 13.2 Å². The zero-order valence-electron chi connectivity index (χ0n) is 13.2. The van der Waals surface area contributed by atoms with Gasteiger partial charge in [-0.15, -0.1) is 0 Å². The van der Waals surface area contributed by atoms with Crippen molar-refractivity contribution in [1.82, 2.24) is 4.98 Å². The highest BCUT2D eigenvalue weighted by molar-refractivity contribution is 6.63. The van der Waals surface area contributed by atoms with Crippen molar-refractivity contribution in [3.05, 3.63) is 18.0 Å². The molecule has 2 rings (SSSR count). The van der Waals surface area contributed by atoms with Crippen LogP contribution in [0.2, 0.25) is 0 Å². The van der Waals surface area contributed by atoms with E-state index in [1.54, 1.807) is 6.92 Å². The molecule has 0 bridgehead atoms. The molecule has 0 aromatic carbocycles. The third-order valence-electron chi connectivity index (χ3n) is 4.03. The molecule has 0 amide bonds. The monoisotopic (exact) mass is 317 g/mol. The van der Waals surface area contributed by atoms with Crippen LogP contribution < -0.4 is 10.2 Å². The van der Waals surface area contributed by atoms with E-state index in [1.165, 1.54) is 12.3 Å². The molecule has 0 atom stereocenters. The van der Waals surface area contributed by atoms with Crippen LogP contribution in [-0.4, -0.2) is 36.1 Å². The SMILES string of the molecule is Cc1nccc(OCC(F)(F)F)c1B1OC(C)(C)C(C)(C)O1. The molecule has 8 heteroatoms. The second-order valence-corrected chi connectivity index (χ2v) is 6.30. The van der Waals surface area contributed by atoms with Crippen LogP contribution in [0.4, 0.5) is 13.2 Å². The highest BCUT2D eigenvalue weighted by Crippen LogP contribution is 2.37. The second-order valence-electron chi connectivity index (χ2n) is 6.30. The average molecular weight is 317 g/mol. The molecule has 1 aromatic rings. The normalized spacial score (nSPS) is 20.3. The van der Waals surface area contributed by atoms with Gasteiger partial charge in [0, 0.05) is 17.4 Å². The Morgan fingerprint density at radius 2 is 1.73 bits per heavy atom. The lowest BCUT2D eigenvalue weighted by molar-refractivity contribution is -0.153. The number of hydrogen-bond donors (Lipinski definition) is 0. The maximum Gasteiger partial charge on any atom is 0.500 e. The fourth-order valence-corrected chi connectivity index (χ4v) is 2.09. The van der Waals surface area contributed by atoms with Crippen molar-refractivity contribution >= 4 is 12.6 Å². The predicted molar refractivity (Wildman–Crippen MR) is 76.2 cm³/mol. The Bertz CT molecular complexity index is 545. The largest absolute Gasteiger partial charge is 0.500 e. The molecule has 0 aliphatic carbocycles. The molecule has 0 radical (unpaired) electrons. The van der Waals surface area contributed by atoms with Crippen LogP contribution in [-0.2, 0) is 9.31 Å². The third kappa shape index (κ3) is 3.38. The van der Waals surface area contributed by atoms with E-state index in [9.17, 15) is 13.2 Å². The first-order valence-corrected chi connectivity index (χ1v) is 6.94. The molecule has 1 aromatic heterocycles. The third-order valence-corrected chi connectivity index (χ3v) is 4.03. The van der Waals surface area contributed by atoms with Crippen molar-refractivity contribution in [2.75, 3.05) is 6.61 Å². The first kappa shape index (κ1) is 17.1. The van der Waals surface area contributed by atoms with Crippen molar-refractivity contribution in [3.63, 3.8) is 0 Å². The fraction of sp³-hybridized carbons (Fsp3) is 0.643. The van der Waals surface area contributed by atoms with Gasteiger partial charge in [0.15, 0.2) is 6.61 Å². The molecule has 1 saturated heterocycles. The number of aromatic nitrogens is 1. The maximum absolute atomic E-state index is 12.4. The van der Waals surface area contributed by atoms with E-state index in [4.69, 9.17) is 14.0 Å². The number of nitrogens with zero attached hydrogens (tertiary/aromatic N) is 1. The Morgan fingerprint density at radius 1 is 1.18 bits per heavy atom. The Morgan fingerprint density at radius 3 is 2.23 bits per heavy atom. The van der Waals surface area contributed by atoms with Gasteiger partial charge in [-0.25, -0.2) is 0 Å². The summed E-state index contributed by atoms with van der Waals surface area (Å²) in [5.74, 6) is 0.0725. The molecule has 0 unspecified atom stereocenters. The van der Waals surface area contributed by atoms with Gasteiger partial charge < -0.3 is 14.0 Å². The molecule has 22 heavy (non-hydrogen) atoms. The first-order chi connectivity index (χ1) is 9.93. The van der Waals surface area contributed by atoms with Gasteiger partial charge in [0.2, 0.25) is 0 Å². The second kappa shape index (κ2) is 5.42. The van der Waals surface area contributed by atoms with E-state index < -0.39 is 31.1 Å². The average Bonchev–Trinajstić information content (AvgIpc) is 2.54. The van der Waals surface area contributed by atoms with E-state index in [2.05, 4.69) is 4.98 Å². The van der Waals surface area contributed by atoms with E-state index in [-0.39, 0.29) is 5.75 Å². The van der Waals surface area contributed by atoms with Crippen molar-refractivity contribution in [3.8, 4) is 5.75 Å². The van der Waals surface area contributed by atoms with Crippen LogP contribution in [0.1, 0.15) is 33.4 Å². The number of halogens is 3. The number of alkyl halides is 3. The van der Waals surface area contributed by atoms with E-state index >= 15 is 0 Å². The minimum absolute atomic E-state index is 0.0725. The predicted octanol–water partition coefficient (Wildman–Crippen LogP) is 2.63. The van der Waals surface area contributed by atoms with Crippen molar-refractivity contribution in [2.45, 2.75) is 52.0 Å². The Kier molecular flexibility index (Phi) is 4.21. The summed E-state index contributed by atoms with van der Waals surface area (Å²) in [4.78, 5) is 4.10. The number of hydrogen-bond acceptors (Lipinski definition) is 4. The van der Waals surface area contributed by atoms with E-state index in [0.717, 1.165) is 0 Å². The standard InChI is InChI=1S/C14H19BF3NO3/c1-9-11(15-21-12(2,3)13(4,5)22-15)10(6-7-19-9)20-8-14(16,17)18/h6-7H,8H2,1-5H3. The Balaban J connectivity index is 2.32. The minimum atomic E-state index is -4.41. The molecule has 4 nitrogen and oxygen atoms in total. The minimum Gasteiger partial charge on any atom is -0.484 e. The van der Waals surface area contributed by atoms with Gasteiger partial charge in [0.25, 0.3) is 0 Å². The van der Waals surface area contributed by atoms with Gasteiger partial charge in [-0.3, -0.25) is 4.98 Å². The topological polar surface area (TPSA) is 40.6 Å². The van der Waals surface area contributed by atoms with E-state index in [1.807, 2.05) is 27.7 Å². The summed E-state index contributed by atoms with van der Waals surface area (Å²) in [5.41, 5.74) is -0.286. The zero-order valence-corrected chi connectivity index (χ0v) is 13.2. The molecule has 2 heterocycles.